The van der Waals surface area contributed by atoms with Crippen LogP contribution in [0.25, 0.3) is 0 Å². The molecule has 0 aliphatic heterocycles. The van der Waals surface area contributed by atoms with Gasteiger partial charge in [-0.1, -0.05) is 86.2 Å². The Hall–Kier alpha value is -0.780. The van der Waals surface area contributed by atoms with E-state index < -0.39 is 0 Å². The Labute approximate surface area is 240 Å². The average molecular weight is 594 g/mol. The molecule has 0 heterocycles. The van der Waals surface area contributed by atoms with Gasteiger partial charge in [-0.15, -0.1) is 0 Å². The van der Waals surface area contributed by atoms with Gasteiger partial charge in [-0.25, -0.2) is 0 Å². The number of Topliss-reactive ketones (excluding diaryl/α,β-unsaturated/α-hetero) is 2. The van der Waals surface area contributed by atoms with Crippen molar-refractivity contribution in [2.45, 2.75) is 105 Å². The first-order chi connectivity index (χ1) is 17.9. The van der Waals surface area contributed by atoms with Gasteiger partial charge >= 0.3 is 0 Å². The van der Waals surface area contributed by atoms with Gasteiger partial charge in [-0.3, -0.25) is 9.59 Å². The van der Waals surface area contributed by atoms with Crippen molar-refractivity contribution in [2.75, 3.05) is 19.5 Å². The maximum absolute atomic E-state index is 12.8. The molecule has 0 radical (unpaired) electrons. The zero-order chi connectivity index (χ0) is 28.4. The Morgan fingerprint density at radius 3 is 1.97 bits per heavy atom. The molecule has 0 spiro atoms. The zero-order valence-electron chi connectivity index (χ0n) is 25.3. The highest BCUT2D eigenvalue weighted by Gasteiger charge is 2.56. The van der Waals surface area contributed by atoms with Crippen LogP contribution in [0.2, 0.25) is 0 Å². The Balaban J connectivity index is 0.000000211. The number of ketones is 2. The number of carbonyl (C=O) groups is 2. The van der Waals surface area contributed by atoms with Crippen molar-refractivity contribution < 1.29 is 19.1 Å². The number of hydrogen-bond donors (Lipinski definition) is 0. The van der Waals surface area contributed by atoms with Crippen molar-refractivity contribution in [1.82, 2.24) is 0 Å². The number of allylic oxidation sites excluding steroid dienone is 1. The fraction of sp³-hybridized carbons (Fsp3) is 0.818. The molecule has 0 bridgehead atoms. The SMILES string of the molecule is C/C=C(\C)C1CC2(C)C(C)CCCC2C(=O)C1OC.C=C(C)C1CC2(CBr)C(C)CCCC2C(=O)C1OC. The minimum Gasteiger partial charge on any atom is -0.373 e. The van der Waals surface area contributed by atoms with E-state index in [1.54, 1.807) is 14.2 Å². The number of halogens is 1. The molecule has 4 saturated carbocycles. The van der Waals surface area contributed by atoms with Gasteiger partial charge in [-0.05, 0) is 69.1 Å². The van der Waals surface area contributed by atoms with Gasteiger partial charge in [0.05, 0.1) is 0 Å². The van der Waals surface area contributed by atoms with Crippen LogP contribution in [0, 0.1) is 46.3 Å². The molecule has 0 aromatic heterocycles. The summed E-state index contributed by atoms with van der Waals surface area (Å²) < 4.78 is 11.1. The fourth-order valence-electron chi connectivity index (χ4n) is 8.53. The molecule has 38 heavy (non-hydrogen) atoms. The first kappa shape index (κ1) is 31.7. The van der Waals surface area contributed by atoms with Crippen molar-refractivity contribution in [3.05, 3.63) is 23.8 Å². The molecule has 10 unspecified atom stereocenters. The van der Waals surface area contributed by atoms with Crippen LogP contribution < -0.4 is 0 Å². The van der Waals surface area contributed by atoms with Crippen molar-refractivity contribution in [3.8, 4) is 0 Å². The first-order valence-corrected chi connectivity index (χ1v) is 16.0. The summed E-state index contributed by atoms with van der Waals surface area (Å²) in [6.45, 7) is 17.3. The average Bonchev–Trinajstić information content (AvgIpc) is 2.90. The minimum absolute atomic E-state index is 0.105. The summed E-state index contributed by atoms with van der Waals surface area (Å²) >= 11 is 3.71. The Morgan fingerprint density at radius 2 is 1.45 bits per heavy atom. The van der Waals surface area contributed by atoms with Crippen LogP contribution >= 0.6 is 15.9 Å². The first-order valence-electron chi connectivity index (χ1n) is 14.9. The molecule has 0 aromatic carbocycles. The smallest absolute Gasteiger partial charge is 0.165 e. The summed E-state index contributed by atoms with van der Waals surface area (Å²) in [5.41, 5.74) is 2.65. The summed E-state index contributed by atoms with van der Waals surface area (Å²) in [6, 6.07) is 0. The summed E-state index contributed by atoms with van der Waals surface area (Å²) in [5.74, 6) is 2.71. The maximum atomic E-state index is 12.8. The van der Waals surface area contributed by atoms with Crippen LogP contribution in [-0.2, 0) is 19.1 Å². The zero-order valence-corrected chi connectivity index (χ0v) is 26.9. The van der Waals surface area contributed by atoms with Gasteiger partial charge < -0.3 is 9.47 Å². The van der Waals surface area contributed by atoms with Gasteiger partial charge in [0.1, 0.15) is 12.2 Å². The number of carbonyl (C=O) groups excluding carboxylic acids is 2. The van der Waals surface area contributed by atoms with Crippen LogP contribution in [0.1, 0.15) is 92.9 Å². The second kappa shape index (κ2) is 12.8. The number of fused-ring (bicyclic) bond motifs is 2. The second-order valence-corrected chi connectivity index (χ2v) is 13.8. The van der Waals surface area contributed by atoms with E-state index in [0.717, 1.165) is 36.6 Å². The van der Waals surface area contributed by atoms with E-state index in [-0.39, 0.29) is 46.7 Å². The Kier molecular flexibility index (Phi) is 10.7. The number of hydrogen-bond acceptors (Lipinski definition) is 4. The molecule has 0 amide bonds. The second-order valence-electron chi connectivity index (χ2n) is 13.3. The Bertz CT molecular complexity index is 911. The molecule has 0 aromatic rings. The lowest BCUT2D eigenvalue weighted by molar-refractivity contribution is -0.154. The van der Waals surface area contributed by atoms with E-state index in [1.165, 1.54) is 31.3 Å². The highest BCUT2D eigenvalue weighted by molar-refractivity contribution is 9.09. The van der Waals surface area contributed by atoms with Crippen LogP contribution in [-0.4, -0.2) is 43.3 Å². The molecule has 4 aliphatic carbocycles. The van der Waals surface area contributed by atoms with Crippen molar-refractivity contribution in [1.29, 1.82) is 0 Å². The lowest BCUT2D eigenvalue weighted by Crippen LogP contribution is -2.56. The maximum Gasteiger partial charge on any atom is 0.165 e. The summed E-state index contributed by atoms with van der Waals surface area (Å²) in [7, 11) is 3.35. The Morgan fingerprint density at radius 1 is 0.921 bits per heavy atom. The minimum atomic E-state index is -0.278. The molecule has 216 valence electrons. The molecule has 0 N–H and O–H groups in total. The third-order valence-corrected chi connectivity index (χ3v) is 12.6. The predicted molar refractivity (Wildman–Crippen MR) is 159 cm³/mol. The predicted octanol–water partition coefficient (Wildman–Crippen LogP) is 7.98. The third-order valence-electron chi connectivity index (χ3n) is 11.5. The highest BCUT2D eigenvalue weighted by atomic mass is 79.9. The van der Waals surface area contributed by atoms with Crippen molar-refractivity contribution in [2.24, 2.45) is 46.3 Å². The molecule has 5 heteroatoms. The summed E-state index contributed by atoms with van der Waals surface area (Å²) in [5, 5.41) is 0.914. The topological polar surface area (TPSA) is 52.6 Å². The molecule has 4 rings (SSSR count). The van der Waals surface area contributed by atoms with Gasteiger partial charge in [0.15, 0.2) is 11.6 Å². The number of methoxy groups -OCH3 is 2. The molecule has 10 atom stereocenters. The third kappa shape index (κ3) is 5.55. The lowest BCUT2D eigenvalue weighted by atomic mass is 9.52. The monoisotopic (exact) mass is 592 g/mol. The van der Waals surface area contributed by atoms with E-state index in [1.807, 2.05) is 6.92 Å². The van der Waals surface area contributed by atoms with Crippen LogP contribution in [0.3, 0.4) is 0 Å². The standard InChI is InChI=1S/C17H28O2.C16H25BrO2/c1-6-11(2)13-10-17(4)12(3)8-7-9-14(17)15(18)16(13)19-5;1-10(2)12-8-16(9-17)11(3)6-5-7-13(16)14(18)15(12)19-4/h6,12-14,16H,7-10H2,1-5H3;11-13,15H,1,5-9H2,2-4H3/b11-6+;. The quantitative estimate of drug-likeness (QED) is 0.240. The van der Waals surface area contributed by atoms with Crippen LogP contribution in [0.15, 0.2) is 23.8 Å². The van der Waals surface area contributed by atoms with E-state index in [4.69, 9.17) is 9.47 Å². The van der Waals surface area contributed by atoms with E-state index >= 15 is 0 Å². The van der Waals surface area contributed by atoms with E-state index in [2.05, 4.69) is 63.2 Å². The van der Waals surface area contributed by atoms with E-state index in [0.29, 0.717) is 23.4 Å². The van der Waals surface area contributed by atoms with E-state index in [9.17, 15) is 9.59 Å². The van der Waals surface area contributed by atoms with Crippen LogP contribution in [0.5, 0.6) is 0 Å². The summed E-state index contributed by atoms with van der Waals surface area (Å²) in [4.78, 5) is 25.6. The van der Waals surface area contributed by atoms with Gasteiger partial charge in [0, 0.05) is 43.2 Å². The largest absolute Gasteiger partial charge is 0.373 e. The van der Waals surface area contributed by atoms with Crippen LogP contribution in [0.4, 0.5) is 0 Å². The van der Waals surface area contributed by atoms with Gasteiger partial charge in [0.2, 0.25) is 0 Å². The normalized spacial score (nSPS) is 43.4. The number of alkyl halides is 1. The number of ether oxygens (including phenoxy) is 2. The molecule has 4 fully saturated rings. The molecule has 0 saturated heterocycles. The molecular weight excluding hydrogens is 540 g/mol. The molecule has 4 nitrogen and oxygen atoms in total. The van der Waals surface area contributed by atoms with Crippen molar-refractivity contribution in [3.63, 3.8) is 0 Å². The van der Waals surface area contributed by atoms with Gasteiger partial charge in [0.25, 0.3) is 0 Å². The number of rotatable bonds is 5. The molecular formula is C33H53BrO4. The lowest BCUT2D eigenvalue weighted by Gasteiger charge is -2.54. The van der Waals surface area contributed by atoms with Gasteiger partial charge in [-0.2, -0.15) is 0 Å². The fourth-order valence-corrected chi connectivity index (χ4v) is 9.71. The van der Waals surface area contributed by atoms with Crippen molar-refractivity contribution >= 4 is 27.5 Å². The summed E-state index contributed by atoms with van der Waals surface area (Å²) in [6.07, 6.45) is 10.7. The molecule has 4 aliphatic rings. The highest BCUT2D eigenvalue weighted by Crippen LogP contribution is 2.56.